The Morgan fingerprint density at radius 1 is 1.32 bits per heavy atom. The molecule has 2 rings (SSSR count). The highest BCUT2D eigenvalue weighted by molar-refractivity contribution is 5.82. The van der Waals surface area contributed by atoms with Crippen LogP contribution in [0.5, 0.6) is 0 Å². The van der Waals surface area contributed by atoms with Gasteiger partial charge in [-0.05, 0) is 69.7 Å². The summed E-state index contributed by atoms with van der Waals surface area (Å²) in [5.74, 6) is -2.28. The van der Waals surface area contributed by atoms with E-state index in [1.54, 1.807) is 11.0 Å². The van der Waals surface area contributed by atoms with Gasteiger partial charge in [-0.1, -0.05) is 12.7 Å². The Bertz CT molecular complexity index is 871. The van der Waals surface area contributed by atoms with Gasteiger partial charge in [0, 0.05) is 19.5 Å². The summed E-state index contributed by atoms with van der Waals surface area (Å²) in [5, 5.41) is 24.2. The molecular formula is C25H35FN4O4. The van der Waals surface area contributed by atoms with Crippen LogP contribution in [0, 0.1) is 23.2 Å². The van der Waals surface area contributed by atoms with Crippen molar-refractivity contribution in [1.82, 2.24) is 15.5 Å². The first-order valence-electron chi connectivity index (χ1n) is 11.9. The molecule has 186 valence electrons. The van der Waals surface area contributed by atoms with E-state index in [2.05, 4.69) is 17.2 Å². The molecule has 34 heavy (non-hydrogen) atoms. The number of likely N-dealkylation sites (tertiary alicyclic amines) is 1. The Hall–Kier alpha value is -2.99. The number of carboxylic acids is 1. The van der Waals surface area contributed by atoms with Gasteiger partial charge in [0.25, 0.3) is 0 Å². The number of allylic oxidation sites excluding steroid dienone is 3. The first kappa shape index (κ1) is 27.3. The number of nitrogens with zero attached hydrogens (tertiary/aromatic N) is 2. The van der Waals surface area contributed by atoms with Crippen LogP contribution < -0.4 is 10.6 Å². The second-order valence-electron chi connectivity index (χ2n) is 8.95. The van der Waals surface area contributed by atoms with Gasteiger partial charge in [-0.15, -0.1) is 0 Å². The van der Waals surface area contributed by atoms with Crippen molar-refractivity contribution in [3.05, 3.63) is 35.7 Å². The molecule has 0 aromatic heterocycles. The lowest BCUT2D eigenvalue weighted by Crippen LogP contribution is -2.48. The predicted molar refractivity (Wildman–Crippen MR) is 126 cm³/mol. The molecule has 2 atom stereocenters. The van der Waals surface area contributed by atoms with E-state index in [1.165, 1.54) is 13.0 Å². The normalized spacial score (nSPS) is 20.9. The molecule has 2 aliphatic heterocycles. The van der Waals surface area contributed by atoms with Crippen LogP contribution in [0.15, 0.2) is 35.7 Å². The summed E-state index contributed by atoms with van der Waals surface area (Å²) in [6, 6.07) is 0.679. The molecule has 0 bridgehead atoms. The summed E-state index contributed by atoms with van der Waals surface area (Å²) in [6.07, 6.45) is 6.53. The third kappa shape index (κ3) is 8.41. The first-order valence-corrected chi connectivity index (χ1v) is 11.9. The summed E-state index contributed by atoms with van der Waals surface area (Å²) in [5.41, 5.74) is -0.152. The van der Waals surface area contributed by atoms with Gasteiger partial charge in [-0.3, -0.25) is 14.4 Å². The van der Waals surface area contributed by atoms with Crippen molar-refractivity contribution >= 4 is 17.8 Å². The zero-order valence-corrected chi connectivity index (χ0v) is 19.8. The van der Waals surface area contributed by atoms with Crippen LogP contribution in [-0.2, 0) is 14.4 Å². The van der Waals surface area contributed by atoms with Crippen molar-refractivity contribution in [3.63, 3.8) is 0 Å². The Balaban J connectivity index is 1.97. The number of nitriles is 1. The topological polar surface area (TPSA) is 123 Å². The lowest BCUT2D eigenvalue weighted by atomic mass is 9.92. The average Bonchev–Trinajstić information content (AvgIpc) is 2.83. The Morgan fingerprint density at radius 2 is 2.03 bits per heavy atom. The summed E-state index contributed by atoms with van der Waals surface area (Å²) in [7, 11) is 0. The Morgan fingerprint density at radius 3 is 2.65 bits per heavy atom. The maximum absolute atomic E-state index is 14.3. The van der Waals surface area contributed by atoms with E-state index in [0.717, 1.165) is 38.4 Å². The fourth-order valence-corrected chi connectivity index (χ4v) is 4.41. The molecule has 0 saturated carbocycles. The van der Waals surface area contributed by atoms with E-state index < -0.39 is 30.2 Å². The Labute approximate surface area is 200 Å². The molecule has 0 spiro atoms. The number of piperidine rings is 2. The molecule has 2 fully saturated rings. The molecule has 0 aromatic carbocycles. The minimum absolute atomic E-state index is 0.0444. The van der Waals surface area contributed by atoms with E-state index in [9.17, 15) is 23.9 Å². The van der Waals surface area contributed by atoms with Crippen molar-refractivity contribution in [2.24, 2.45) is 11.8 Å². The van der Waals surface area contributed by atoms with Crippen LogP contribution in [0.4, 0.5) is 4.39 Å². The molecule has 0 aromatic rings. The Kier molecular flexibility index (Phi) is 10.9. The van der Waals surface area contributed by atoms with Gasteiger partial charge < -0.3 is 20.6 Å². The van der Waals surface area contributed by atoms with E-state index in [1.807, 2.05) is 0 Å². The van der Waals surface area contributed by atoms with E-state index in [-0.39, 0.29) is 29.5 Å². The van der Waals surface area contributed by atoms with Crippen LogP contribution in [0.3, 0.4) is 0 Å². The van der Waals surface area contributed by atoms with Crippen molar-refractivity contribution < 1.29 is 23.9 Å². The molecule has 3 N–H and O–H groups in total. The summed E-state index contributed by atoms with van der Waals surface area (Å²) in [6.45, 7) is 8.08. The highest BCUT2D eigenvalue weighted by Gasteiger charge is 2.30. The third-order valence-electron chi connectivity index (χ3n) is 6.49. The lowest BCUT2D eigenvalue weighted by Gasteiger charge is -2.33. The predicted octanol–water partition coefficient (Wildman–Crippen LogP) is 2.84. The number of nitrogens with one attached hydrogen (secondary N) is 2. The third-order valence-corrected chi connectivity index (χ3v) is 6.49. The van der Waals surface area contributed by atoms with Crippen molar-refractivity contribution in [1.29, 1.82) is 5.26 Å². The van der Waals surface area contributed by atoms with Gasteiger partial charge in [0.05, 0.1) is 24.0 Å². The van der Waals surface area contributed by atoms with Crippen molar-refractivity contribution in [2.75, 3.05) is 26.2 Å². The van der Waals surface area contributed by atoms with E-state index in [4.69, 9.17) is 5.26 Å². The van der Waals surface area contributed by atoms with Crippen LogP contribution in [0.2, 0.25) is 0 Å². The molecule has 2 amide bonds. The number of amides is 2. The van der Waals surface area contributed by atoms with Gasteiger partial charge in [-0.25, -0.2) is 4.39 Å². The zero-order chi connectivity index (χ0) is 25.1. The van der Waals surface area contributed by atoms with Crippen LogP contribution in [0.1, 0.15) is 51.9 Å². The second kappa shape index (κ2) is 13.7. The van der Waals surface area contributed by atoms with E-state index >= 15 is 0 Å². The average molecular weight is 475 g/mol. The maximum Gasteiger partial charge on any atom is 0.305 e. The minimum Gasteiger partial charge on any atom is -0.481 e. The molecule has 2 saturated heterocycles. The number of halogens is 1. The van der Waals surface area contributed by atoms with Crippen molar-refractivity contribution in [3.8, 4) is 6.07 Å². The molecule has 2 aliphatic rings. The zero-order valence-electron chi connectivity index (χ0n) is 19.8. The highest BCUT2D eigenvalue weighted by atomic mass is 19.1. The lowest BCUT2D eigenvalue weighted by molar-refractivity contribution is -0.137. The first-order chi connectivity index (χ1) is 16.2. The van der Waals surface area contributed by atoms with Crippen LogP contribution in [0.25, 0.3) is 0 Å². The van der Waals surface area contributed by atoms with Gasteiger partial charge in [0.1, 0.15) is 11.9 Å². The monoisotopic (exact) mass is 474 g/mol. The SMILES string of the molecule is C=C(/C=C(F)\C(C#N)=C/C)[C@H](CC(=O)O)NC(=O)[C@@H]1CCCN(C(=O)CCC2CCNCC2)C1. The number of carbonyl (C=O) groups excluding carboxylic acids is 2. The summed E-state index contributed by atoms with van der Waals surface area (Å²) >= 11 is 0. The van der Waals surface area contributed by atoms with Gasteiger partial charge >= 0.3 is 5.97 Å². The minimum atomic E-state index is -1.18. The fraction of sp³-hybridized carbons (Fsp3) is 0.600. The molecule has 8 nitrogen and oxygen atoms in total. The van der Waals surface area contributed by atoms with Crippen LogP contribution >= 0.6 is 0 Å². The van der Waals surface area contributed by atoms with Crippen molar-refractivity contribution in [2.45, 2.75) is 57.9 Å². The smallest absolute Gasteiger partial charge is 0.305 e. The number of carboxylic acid groups (broad SMARTS) is 1. The molecule has 2 heterocycles. The van der Waals surface area contributed by atoms with Gasteiger partial charge in [0.15, 0.2) is 0 Å². The standard InChI is InChI=1S/C25H35FN4O4/c1-3-19(15-27)21(26)13-17(2)22(14-24(32)33)29-25(34)20-5-4-12-30(16-20)23(31)7-6-18-8-10-28-11-9-18/h3,13,18,20,22,28H,2,4-12,14,16H2,1H3,(H,29,34)(H,32,33)/b19-3-,21-13+/t20-,22+/m1/s1. The van der Waals surface area contributed by atoms with Gasteiger partial charge in [0.2, 0.25) is 11.8 Å². The maximum atomic E-state index is 14.3. The van der Waals surface area contributed by atoms with E-state index in [0.29, 0.717) is 31.7 Å². The molecule has 0 radical (unpaired) electrons. The molecule has 9 heteroatoms. The number of aliphatic carboxylic acids is 1. The molecule has 0 unspecified atom stereocenters. The number of carbonyl (C=O) groups is 3. The molecular weight excluding hydrogens is 439 g/mol. The highest BCUT2D eigenvalue weighted by Crippen LogP contribution is 2.22. The second-order valence-corrected chi connectivity index (χ2v) is 8.95. The fourth-order valence-electron chi connectivity index (χ4n) is 4.41. The summed E-state index contributed by atoms with van der Waals surface area (Å²) < 4.78 is 14.3. The summed E-state index contributed by atoms with van der Waals surface area (Å²) in [4.78, 5) is 38.7. The number of hydrogen-bond donors (Lipinski definition) is 3. The number of rotatable bonds is 10. The van der Waals surface area contributed by atoms with Gasteiger partial charge in [-0.2, -0.15) is 5.26 Å². The molecule has 0 aliphatic carbocycles. The van der Waals surface area contributed by atoms with Crippen LogP contribution in [-0.4, -0.2) is 60.0 Å². The quantitative estimate of drug-likeness (QED) is 0.331. The number of hydrogen-bond acceptors (Lipinski definition) is 5. The largest absolute Gasteiger partial charge is 0.481 e.